The molecule has 0 unspecified atom stereocenters. The third-order valence-corrected chi connectivity index (χ3v) is 8.66. The topological polar surface area (TPSA) is 134 Å². The fraction of sp³-hybridized carbons (Fsp3) is 0.400. The lowest BCUT2D eigenvalue weighted by atomic mass is 10.0. The van der Waals surface area contributed by atoms with E-state index >= 15 is 0 Å². The summed E-state index contributed by atoms with van der Waals surface area (Å²) in [6.45, 7) is 1.89. The molecule has 45 heavy (non-hydrogen) atoms. The highest BCUT2D eigenvalue weighted by molar-refractivity contribution is 7.99. The van der Waals surface area contributed by atoms with Crippen LogP contribution in [0.2, 0.25) is 0 Å². The normalized spacial score (nSPS) is 17.9. The summed E-state index contributed by atoms with van der Waals surface area (Å²) in [5, 5.41) is 23.9. The lowest BCUT2D eigenvalue weighted by molar-refractivity contribution is -0.245. The highest BCUT2D eigenvalue weighted by Crippen LogP contribution is 2.39. The van der Waals surface area contributed by atoms with Crippen molar-refractivity contribution in [3.05, 3.63) is 95.1 Å². The van der Waals surface area contributed by atoms with Gasteiger partial charge in [0.1, 0.15) is 0 Å². The molecule has 2 amide bonds. The maximum absolute atomic E-state index is 12.3. The second-order valence-corrected chi connectivity index (χ2v) is 12.3. The molecular formula is C35H42N2O7S. The number of carboxylic acids is 1. The Bertz CT molecular complexity index is 1380. The van der Waals surface area contributed by atoms with Gasteiger partial charge >= 0.3 is 5.97 Å². The zero-order valence-electron chi connectivity index (χ0n) is 25.6. The van der Waals surface area contributed by atoms with E-state index in [2.05, 4.69) is 10.6 Å². The highest BCUT2D eigenvalue weighted by atomic mass is 32.2. The predicted molar refractivity (Wildman–Crippen MR) is 174 cm³/mol. The first kappa shape index (κ1) is 34.2. The number of nitrogens with one attached hydrogen (secondary N) is 2. The quantitative estimate of drug-likeness (QED) is 0.103. The SMILES string of the molecule is CC(=O)Nc1ccc(SC[C@H]2C[C@@H](c3ccc(CO)cc3)O[C@@H](c3ccc(CNC(=O)CCCCCCC(=O)O)cc3)O2)cc1. The van der Waals surface area contributed by atoms with Crippen molar-refractivity contribution in [3.8, 4) is 0 Å². The molecule has 3 aromatic rings. The average molecular weight is 635 g/mol. The number of amides is 2. The van der Waals surface area contributed by atoms with Gasteiger partial charge < -0.3 is 30.3 Å². The van der Waals surface area contributed by atoms with Gasteiger partial charge in [0.15, 0.2) is 6.29 Å². The summed E-state index contributed by atoms with van der Waals surface area (Å²) < 4.78 is 12.9. The molecule has 4 N–H and O–H groups in total. The van der Waals surface area contributed by atoms with Gasteiger partial charge in [-0.15, -0.1) is 11.8 Å². The Morgan fingerprint density at radius 3 is 2.11 bits per heavy atom. The maximum Gasteiger partial charge on any atom is 0.303 e. The Labute approximate surface area is 268 Å². The third-order valence-electron chi connectivity index (χ3n) is 7.51. The van der Waals surface area contributed by atoms with Crippen LogP contribution >= 0.6 is 11.8 Å². The molecule has 0 bridgehead atoms. The minimum atomic E-state index is -0.782. The van der Waals surface area contributed by atoms with Crippen molar-refractivity contribution in [2.45, 2.75) is 88.4 Å². The van der Waals surface area contributed by atoms with Crippen molar-refractivity contribution >= 4 is 35.2 Å². The number of rotatable bonds is 16. The smallest absolute Gasteiger partial charge is 0.303 e. The van der Waals surface area contributed by atoms with Crippen LogP contribution in [0.4, 0.5) is 5.69 Å². The van der Waals surface area contributed by atoms with Gasteiger partial charge in [0.05, 0.1) is 18.8 Å². The van der Waals surface area contributed by atoms with E-state index in [1.807, 2.05) is 72.8 Å². The highest BCUT2D eigenvalue weighted by Gasteiger charge is 2.32. The number of anilines is 1. The molecule has 0 saturated carbocycles. The minimum Gasteiger partial charge on any atom is -0.481 e. The first-order valence-electron chi connectivity index (χ1n) is 15.4. The molecule has 0 spiro atoms. The van der Waals surface area contributed by atoms with E-state index in [1.165, 1.54) is 6.92 Å². The molecule has 1 heterocycles. The van der Waals surface area contributed by atoms with Gasteiger partial charge in [-0.2, -0.15) is 0 Å². The second kappa shape index (κ2) is 17.7. The van der Waals surface area contributed by atoms with Gasteiger partial charge in [0.2, 0.25) is 11.8 Å². The Balaban J connectivity index is 1.33. The number of aliphatic hydroxyl groups is 1. The van der Waals surface area contributed by atoms with Crippen LogP contribution in [0.25, 0.3) is 0 Å². The van der Waals surface area contributed by atoms with Crippen molar-refractivity contribution in [3.63, 3.8) is 0 Å². The van der Waals surface area contributed by atoms with E-state index < -0.39 is 12.3 Å². The molecule has 3 atom stereocenters. The molecule has 1 aliphatic heterocycles. The Kier molecular flexibility index (Phi) is 13.4. The summed E-state index contributed by atoms with van der Waals surface area (Å²) in [5.74, 6) is -0.188. The standard InChI is InChI=1S/C35H42N2O7S/c1-24(39)37-29-16-18-31(19-17-29)45-23-30-20-32(27-12-10-26(22-38)11-13-27)44-35(43-30)28-14-8-25(9-15-28)21-36-33(40)6-4-2-3-5-7-34(41)42/h8-19,30,32,35,38H,2-7,20-23H2,1H3,(H,36,40)(H,37,39)(H,41,42)/t30-,32+,35+/m1/s1. The molecule has 1 fully saturated rings. The lowest BCUT2D eigenvalue weighted by Crippen LogP contribution is -2.31. The number of hydrogen-bond donors (Lipinski definition) is 4. The average Bonchev–Trinajstić information content (AvgIpc) is 3.05. The van der Waals surface area contributed by atoms with Gasteiger partial charge in [0, 0.05) is 54.6 Å². The summed E-state index contributed by atoms with van der Waals surface area (Å²) in [4.78, 5) is 35.3. The molecule has 0 aliphatic carbocycles. The van der Waals surface area contributed by atoms with Crippen LogP contribution in [0.1, 0.15) is 86.5 Å². The van der Waals surface area contributed by atoms with Crippen LogP contribution in [-0.4, -0.2) is 39.9 Å². The number of benzene rings is 3. The largest absolute Gasteiger partial charge is 0.481 e. The van der Waals surface area contributed by atoms with E-state index in [0.717, 1.165) is 52.1 Å². The zero-order chi connectivity index (χ0) is 32.0. The monoisotopic (exact) mass is 634 g/mol. The summed E-state index contributed by atoms with van der Waals surface area (Å²) in [6.07, 6.45) is 3.47. The van der Waals surface area contributed by atoms with E-state index in [4.69, 9.17) is 14.6 Å². The van der Waals surface area contributed by atoms with Crippen LogP contribution < -0.4 is 10.6 Å². The maximum atomic E-state index is 12.3. The van der Waals surface area contributed by atoms with Gasteiger partial charge in [-0.05, 0) is 53.8 Å². The minimum absolute atomic E-state index is 0.0149. The molecule has 1 saturated heterocycles. The number of ether oxygens (including phenoxy) is 2. The van der Waals surface area contributed by atoms with Gasteiger partial charge in [0.25, 0.3) is 0 Å². The number of aliphatic carboxylic acids is 1. The molecule has 0 aromatic heterocycles. The van der Waals surface area contributed by atoms with E-state index in [1.54, 1.807) is 11.8 Å². The predicted octanol–water partition coefficient (Wildman–Crippen LogP) is 6.52. The molecule has 240 valence electrons. The summed E-state index contributed by atoms with van der Waals surface area (Å²) in [7, 11) is 0. The lowest BCUT2D eigenvalue weighted by Gasteiger charge is -2.36. The van der Waals surface area contributed by atoms with Crippen LogP contribution in [-0.2, 0) is 37.0 Å². The van der Waals surface area contributed by atoms with E-state index in [9.17, 15) is 19.5 Å². The first-order chi connectivity index (χ1) is 21.8. The fourth-order valence-corrected chi connectivity index (χ4v) is 5.97. The molecule has 4 rings (SSSR count). The molecule has 9 nitrogen and oxygen atoms in total. The first-order valence-corrected chi connectivity index (χ1v) is 16.4. The zero-order valence-corrected chi connectivity index (χ0v) is 26.4. The van der Waals surface area contributed by atoms with Crippen LogP contribution in [0.5, 0.6) is 0 Å². The third kappa shape index (κ3) is 11.6. The number of aliphatic hydroxyl groups excluding tert-OH is 1. The summed E-state index contributed by atoms with van der Waals surface area (Å²) in [6, 6.07) is 23.4. The summed E-state index contributed by atoms with van der Waals surface area (Å²) in [5.41, 5.74) is 4.48. The Morgan fingerprint density at radius 2 is 1.47 bits per heavy atom. The Morgan fingerprint density at radius 1 is 0.822 bits per heavy atom. The van der Waals surface area contributed by atoms with Crippen LogP contribution in [0.3, 0.4) is 0 Å². The molecule has 0 radical (unpaired) electrons. The Hall–Kier alpha value is -3.70. The van der Waals surface area contributed by atoms with Gasteiger partial charge in [-0.25, -0.2) is 0 Å². The molecule has 10 heteroatoms. The number of thioether (sulfide) groups is 1. The number of carbonyl (C=O) groups is 3. The van der Waals surface area contributed by atoms with Gasteiger partial charge in [-0.1, -0.05) is 61.4 Å². The molecule has 3 aromatic carbocycles. The van der Waals surface area contributed by atoms with Crippen molar-refractivity contribution < 1.29 is 34.1 Å². The van der Waals surface area contributed by atoms with Crippen LogP contribution in [0.15, 0.2) is 77.7 Å². The summed E-state index contributed by atoms with van der Waals surface area (Å²) >= 11 is 1.69. The fourth-order valence-electron chi connectivity index (χ4n) is 5.05. The van der Waals surface area contributed by atoms with Crippen molar-refractivity contribution in [1.82, 2.24) is 5.32 Å². The van der Waals surface area contributed by atoms with Crippen LogP contribution in [0, 0.1) is 0 Å². The molecule has 1 aliphatic rings. The number of carboxylic acid groups (broad SMARTS) is 1. The van der Waals surface area contributed by atoms with Crippen molar-refractivity contribution in [2.75, 3.05) is 11.1 Å². The van der Waals surface area contributed by atoms with Gasteiger partial charge in [-0.3, -0.25) is 14.4 Å². The number of carbonyl (C=O) groups excluding carboxylic acids is 2. The second-order valence-electron chi connectivity index (χ2n) is 11.2. The number of hydrogen-bond acceptors (Lipinski definition) is 7. The van der Waals surface area contributed by atoms with Crippen molar-refractivity contribution in [1.29, 1.82) is 0 Å². The van der Waals surface area contributed by atoms with E-state index in [-0.39, 0.29) is 37.0 Å². The molecular weight excluding hydrogens is 592 g/mol. The number of unbranched alkanes of at least 4 members (excludes halogenated alkanes) is 3. The van der Waals surface area contributed by atoms with E-state index in [0.29, 0.717) is 31.6 Å². The van der Waals surface area contributed by atoms with Crippen molar-refractivity contribution in [2.24, 2.45) is 0 Å².